The molecule has 1 atom stereocenters. The van der Waals surface area contributed by atoms with Crippen LogP contribution in [0.2, 0.25) is 0 Å². The van der Waals surface area contributed by atoms with Gasteiger partial charge in [-0.05, 0) is 58.3 Å². The molecule has 1 unspecified atom stereocenters. The van der Waals surface area contributed by atoms with Gasteiger partial charge in [-0.2, -0.15) is 0 Å². The summed E-state index contributed by atoms with van der Waals surface area (Å²) in [6.07, 6.45) is 13.6. The first-order valence-corrected chi connectivity index (χ1v) is 12.4. The average molecular weight is 589 g/mol. The quantitative estimate of drug-likeness (QED) is 0.167. The number of aliphatic hydroxyl groups excluding tert-OH is 1. The molecule has 0 fully saturated rings. The first-order chi connectivity index (χ1) is 14.2. The van der Waals surface area contributed by atoms with Crippen LogP contribution in [-0.2, 0) is 0 Å². The molecule has 0 radical (unpaired) electrons. The molecular weight excluding hydrogens is 551 g/mol. The lowest BCUT2D eigenvalue weighted by Crippen LogP contribution is -2.17. The number of halogens is 2. The fraction of sp³-hybridized carbons (Fsp3) is 0.538. The summed E-state index contributed by atoms with van der Waals surface area (Å²) in [5.41, 5.74) is 2.36. The van der Waals surface area contributed by atoms with Crippen molar-refractivity contribution in [2.75, 3.05) is 6.61 Å². The number of rotatable bonds is 15. The molecule has 2 aromatic rings. The molecule has 0 aliphatic heterocycles. The third-order valence-electron chi connectivity index (χ3n) is 5.36. The lowest BCUT2D eigenvalue weighted by atomic mass is 10.0. The zero-order valence-electron chi connectivity index (χ0n) is 18.3. The largest absolute Gasteiger partial charge is 0.491 e. The molecule has 1 N–H and O–H groups in total. The van der Waals surface area contributed by atoms with Crippen LogP contribution in [0, 0.1) is 3.57 Å². The Hall–Kier alpha value is -0.590. The number of hydrogen-bond donors (Lipinski definition) is 1. The normalized spacial score (nSPS) is 11.7. The second kappa shape index (κ2) is 17.0. The van der Waals surface area contributed by atoms with Crippen LogP contribution in [0.25, 0.3) is 11.1 Å². The summed E-state index contributed by atoms with van der Waals surface area (Å²) < 4.78 is 7.07. The Morgan fingerprint density at radius 1 is 0.833 bits per heavy atom. The molecule has 2 rings (SSSR count). The minimum absolute atomic E-state index is 0. The second-order valence-electron chi connectivity index (χ2n) is 7.94. The Morgan fingerprint density at radius 2 is 1.43 bits per heavy atom. The van der Waals surface area contributed by atoms with E-state index >= 15 is 0 Å². The number of aliphatic hydroxyl groups is 1. The summed E-state index contributed by atoms with van der Waals surface area (Å²) in [5, 5.41) is 10.2. The molecule has 0 amide bonds. The van der Waals surface area contributed by atoms with Gasteiger partial charge in [0.15, 0.2) is 0 Å². The molecular formula is C26H38BrIO2. The van der Waals surface area contributed by atoms with E-state index in [4.69, 9.17) is 4.74 Å². The fourth-order valence-corrected chi connectivity index (χ4v) is 4.22. The zero-order chi connectivity index (χ0) is 20.7. The highest BCUT2D eigenvalue weighted by atomic mass is 127. The minimum atomic E-state index is -0.386. The van der Waals surface area contributed by atoms with Crippen molar-refractivity contribution in [2.24, 2.45) is 0 Å². The summed E-state index contributed by atoms with van der Waals surface area (Å²) in [4.78, 5) is 0. The van der Waals surface area contributed by atoms with Crippen molar-refractivity contribution in [1.82, 2.24) is 0 Å². The van der Waals surface area contributed by atoms with Gasteiger partial charge in [0.25, 0.3) is 0 Å². The van der Waals surface area contributed by atoms with E-state index in [9.17, 15) is 5.11 Å². The summed E-state index contributed by atoms with van der Waals surface area (Å²) in [7, 11) is 0. The molecule has 0 saturated heterocycles. The SMILES string of the molecule is Br.CCCCCCCCCCCCC(O)COc1ccc(I)c(-c2ccccc2)c1. The van der Waals surface area contributed by atoms with E-state index in [2.05, 4.69) is 65.9 Å². The summed E-state index contributed by atoms with van der Waals surface area (Å²) in [6, 6.07) is 16.5. The monoisotopic (exact) mass is 588 g/mol. The fourth-order valence-electron chi connectivity index (χ4n) is 3.58. The van der Waals surface area contributed by atoms with Crippen molar-refractivity contribution in [2.45, 2.75) is 83.7 Å². The number of ether oxygens (including phenoxy) is 1. The van der Waals surface area contributed by atoms with E-state index in [1.165, 1.54) is 72.5 Å². The Morgan fingerprint density at radius 3 is 2.07 bits per heavy atom. The van der Waals surface area contributed by atoms with Crippen LogP contribution in [0.1, 0.15) is 77.6 Å². The van der Waals surface area contributed by atoms with Crippen molar-refractivity contribution in [3.05, 3.63) is 52.1 Å². The van der Waals surface area contributed by atoms with Gasteiger partial charge in [0.2, 0.25) is 0 Å². The van der Waals surface area contributed by atoms with E-state index < -0.39 is 0 Å². The summed E-state index contributed by atoms with van der Waals surface area (Å²) >= 11 is 2.36. The first-order valence-electron chi connectivity index (χ1n) is 11.4. The highest BCUT2D eigenvalue weighted by molar-refractivity contribution is 14.1. The number of benzene rings is 2. The van der Waals surface area contributed by atoms with E-state index in [-0.39, 0.29) is 23.1 Å². The van der Waals surface area contributed by atoms with Crippen LogP contribution in [0.4, 0.5) is 0 Å². The molecule has 0 aromatic heterocycles. The van der Waals surface area contributed by atoms with Crippen LogP contribution >= 0.6 is 39.6 Å². The molecule has 0 aliphatic carbocycles. The second-order valence-corrected chi connectivity index (χ2v) is 9.11. The Bertz CT molecular complexity index is 678. The Kier molecular flexibility index (Phi) is 15.6. The minimum Gasteiger partial charge on any atom is -0.491 e. The summed E-state index contributed by atoms with van der Waals surface area (Å²) in [6.45, 7) is 2.63. The molecule has 0 bridgehead atoms. The van der Waals surface area contributed by atoms with Crippen LogP contribution in [-0.4, -0.2) is 17.8 Å². The maximum atomic E-state index is 10.2. The van der Waals surface area contributed by atoms with E-state index in [1.54, 1.807) is 0 Å². The molecule has 0 aliphatic rings. The highest BCUT2D eigenvalue weighted by Crippen LogP contribution is 2.29. The van der Waals surface area contributed by atoms with Crippen LogP contribution < -0.4 is 4.74 Å². The van der Waals surface area contributed by atoms with Crippen molar-refractivity contribution in [3.63, 3.8) is 0 Å². The standard InChI is InChI=1S/C26H37IO2.BrH/c1-2-3-4-5-6-7-8-9-10-14-17-23(28)21-29-24-18-19-26(27)25(20-24)22-15-12-11-13-16-22;/h11-13,15-16,18-20,23,28H,2-10,14,17,21H2,1H3;1H. The van der Waals surface area contributed by atoms with Crippen molar-refractivity contribution in [3.8, 4) is 16.9 Å². The van der Waals surface area contributed by atoms with Crippen LogP contribution in [0.3, 0.4) is 0 Å². The van der Waals surface area contributed by atoms with Crippen LogP contribution in [0.5, 0.6) is 5.75 Å². The Labute approximate surface area is 207 Å². The van der Waals surface area contributed by atoms with Crippen molar-refractivity contribution < 1.29 is 9.84 Å². The van der Waals surface area contributed by atoms with Gasteiger partial charge in [0, 0.05) is 3.57 Å². The van der Waals surface area contributed by atoms with Crippen molar-refractivity contribution in [1.29, 1.82) is 0 Å². The zero-order valence-corrected chi connectivity index (χ0v) is 22.2. The highest BCUT2D eigenvalue weighted by Gasteiger charge is 2.08. The Balaban J connectivity index is 0.00000450. The third kappa shape index (κ3) is 11.1. The molecule has 2 aromatic carbocycles. The smallest absolute Gasteiger partial charge is 0.120 e. The topological polar surface area (TPSA) is 29.5 Å². The van der Waals surface area contributed by atoms with Gasteiger partial charge >= 0.3 is 0 Å². The lowest BCUT2D eigenvalue weighted by molar-refractivity contribution is 0.0975. The molecule has 30 heavy (non-hydrogen) atoms. The molecule has 0 saturated carbocycles. The molecule has 2 nitrogen and oxygen atoms in total. The van der Waals surface area contributed by atoms with Gasteiger partial charge in [-0.3, -0.25) is 0 Å². The van der Waals surface area contributed by atoms with Gasteiger partial charge in [-0.15, -0.1) is 17.0 Å². The average Bonchev–Trinajstić information content (AvgIpc) is 2.75. The number of hydrogen-bond acceptors (Lipinski definition) is 2. The molecule has 0 heterocycles. The van der Waals surface area contributed by atoms with Gasteiger partial charge in [-0.25, -0.2) is 0 Å². The maximum Gasteiger partial charge on any atom is 0.120 e. The maximum absolute atomic E-state index is 10.2. The number of unbranched alkanes of at least 4 members (excludes halogenated alkanes) is 9. The molecule has 4 heteroatoms. The van der Waals surface area contributed by atoms with E-state index in [0.29, 0.717) is 6.61 Å². The predicted molar refractivity (Wildman–Crippen MR) is 143 cm³/mol. The van der Waals surface area contributed by atoms with Gasteiger partial charge in [-0.1, -0.05) is 101 Å². The van der Waals surface area contributed by atoms with Gasteiger partial charge in [0.05, 0.1) is 6.10 Å². The van der Waals surface area contributed by atoms with Gasteiger partial charge < -0.3 is 9.84 Å². The summed E-state index contributed by atoms with van der Waals surface area (Å²) in [5.74, 6) is 0.825. The molecule has 0 spiro atoms. The van der Waals surface area contributed by atoms with Crippen LogP contribution in [0.15, 0.2) is 48.5 Å². The van der Waals surface area contributed by atoms with Gasteiger partial charge in [0.1, 0.15) is 12.4 Å². The lowest BCUT2D eigenvalue weighted by Gasteiger charge is -2.14. The first kappa shape index (κ1) is 27.4. The van der Waals surface area contributed by atoms with E-state index in [0.717, 1.165) is 18.6 Å². The molecule has 168 valence electrons. The third-order valence-corrected chi connectivity index (χ3v) is 6.30. The predicted octanol–water partition coefficient (Wildman–Crippen LogP) is 8.59. The van der Waals surface area contributed by atoms with Crippen molar-refractivity contribution >= 4 is 39.6 Å². The van der Waals surface area contributed by atoms with E-state index in [1.807, 2.05) is 12.1 Å².